The molecule has 3 rings (SSSR count). The van der Waals surface area contributed by atoms with Crippen LogP contribution in [0.25, 0.3) is 6.08 Å². The van der Waals surface area contributed by atoms with Crippen molar-refractivity contribution in [1.82, 2.24) is 10.2 Å². The summed E-state index contributed by atoms with van der Waals surface area (Å²) in [6.07, 6.45) is 1.63. The molecule has 134 valence electrons. The molecule has 26 heavy (non-hydrogen) atoms. The van der Waals surface area contributed by atoms with Gasteiger partial charge < -0.3 is 5.32 Å². The molecular weight excluding hydrogens is 331 g/mol. The third-order valence-electron chi connectivity index (χ3n) is 4.34. The van der Waals surface area contributed by atoms with Crippen molar-refractivity contribution in [3.63, 3.8) is 0 Å². The quantitative estimate of drug-likeness (QED) is 0.664. The van der Waals surface area contributed by atoms with Crippen LogP contribution >= 0.6 is 0 Å². The Balaban J connectivity index is 1.80. The van der Waals surface area contributed by atoms with Crippen LogP contribution in [0.2, 0.25) is 0 Å². The van der Waals surface area contributed by atoms with E-state index in [1.54, 1.807) is 24.3 Å². The van der Waals surface area contributed by atoms with E-state index in [-0.39, 0.29) is 17.7 Å². The maximum absolute atomic E-state index is 13.8. The highest BCUT2D eigenvalue weighted by atomic mass is 19.1. The average Bonchev–Trinajstić information content (AvgIpc) is 2.84. The molecule has 1 fully saturated rings. The van der Waals surface area contributed by atoms with Gasteiger partial charge in [-0.2, -0.15) is 0 Å². The monoisotopic (exact) mass is 352 g/mol. The number of carbonyl (C=O) groups is 2. The summed E-state index contributed by atoms with van der Waals surface area (Å²) in [6.45, 7) is 6.28. The van der Waals surface area contributed by atoms with E-state index in [4.69, 9.17) is 0 Å². The lowest BCUT2D eigenvalue weighted by Gasteiger charge is -2.18. The Kier molecular flexibility index (Phi) is 4.64. The number of urea groups is 1. The zero-order chi connectivity index (χ0) is 18.9. The van der Waals surface area contributed by atoms with Gasteiger partial charge in [-0.15, -0.1) is 0 Å². The minimum atomic E-state index is -0.546. The van der Waals surface area contributed by atoms with E-state index in [2.05, 4.69) is 26.1 Å². The predicted molar refractivity (Wildman–Crippen MR) is 98.6 cm³/mol. The van der Waals surface area contributed by atoms with Crippen molar-refractivity contribution in [2.75, 3.05) is 0 Å². The van der Waals surface area contributed by atoms with Crippen molar-refractivity contribution in [3.8, 4) is 0 Å². The fourth-order valence-electron chi connectivity index (χ4n) is 2.76. The minimum Gasteiger partial charge on any atom is -0.303 e. The van der Waals surface area contributed by atoms with Crippen LogP contribution in [0.4, 0.5) is 9.18 Å². The van der Waals surface area contributed by atoms with Crippen molar-refractivity contribution in [1.29, 1.82) is 0 Å². The van der Waals surface area contributed by atoms with Crippen molar-refractivity contribution in [2.45, 2.75) is 32.7 Å². The Morgan fingerprint density at radius 3 is 2.31 bits per heavy atom. The van der Waals surface area contributed by atoms with Gasteiger partial charge in [-0.25, -0.2) is 9.18 Å². The summed E-state index contributed by atoms with van der Waals surface area (Å²) in [5, 5.41) is 2.56. The molecule has 1 heterocycles. The van der Waals surface area contributed by atoms with Crippen LogP contribution in [-0.2, 0) is 16.8 Å². The van der Waals surface area contributed by atoms with Gasteiger partial charge >= 0.3 is 6.03 Å². The Morgan fingerprint density at radius 1 is 1.04 bits per heavy atom. The maximum Gasteiger partial charge on any atom is 0.329 e. The van der Waals surface area contributed by atoms with Gasteiger partial charge in [0.25, 0.3) is 5.91 Å². The Hall–Kier alpha value is -2.95. The first-order valence-electron chi connectivity index (χ1n) is 8.44. The van der Waals surface area contributed by atoms with E-state index in [0.29, 0.717) is 5.56 Å². The van der Waals surface area contributed by atoms with Gasteiger partial charge in [-0.3, -0.25) is 9.69 Å². The normalized spacial score (nSPS) is 16.3. The molecule has 0 bridgehead atoms. The number of hydrogen-bond acceptors (Lipinski definition) is 2. The summed E-state index contributed by atoms with van der Waals surface area (Å²) in [6, 6.07) is 13.4. The van der Waals surface area contributed by atoms with E-state index < -0.39 is 17.8 Å². The zero-order valence-corrected chi connectivity index (χ0v) is 15.0. The van der Waals surface area contributed by atoms with Gasteiger partial charge in [0.05, 0.1) is 6.54 Å². The van der Waals surface area contributed by atoms with Crippen LogP contribution in [0.15, 0.2) is 54.2 Å². The molecule has 0 unspecified atom stereocenters. The number of hydrogen-bond donors (Lipinski definition) is 1. The largest absolute Gasteiger partial charge is 0.329 e. The summed E-state index contributed by atoms with van der Waals surface area (Å²) >= 11 is 0. The lowest BCUT2D eigenvalue weighted by atomic mass is 9.87. The van der Waals surface area contributed by atoms with Crippen LogP contribution in [0.1, 0.15) is 37.5 Å². The van der Waals surface area contributed by atoms with Crippen molar-refractivity contribution in [2.24, 2.45) is 0 Å². The molecule has 4 nitrogen and oxygen atoms in total. The Morgan fingerprint density at radius 2 is 1.69 bits per heavy atom. The molecule has 1 aliphatic rings. The fourth-order valence-corrected chi connectivity index (χ4v) is 2.76. The lowest BCUT2D eigenvalue weighted by molar-refractivity contribution is -0.123. The summed E-state index contributed by atoms with van der Waals surface area (Å²) < 4.78 is 13.8. The highest BCUT2D eigenvalue weighted by Crippen LogP contribution is 2.23. The molecule has 5 heteroatoms. The smallest absolute Gasteiger partial charge is 0.303 e. The second-order valence-electron chi connectivity index (χ2n) is 7.34. The third-order valence-corrected chi connectivity index (χ3v) is 4.34. The number of imide groups is 1. The highest BCUT2D eigenvalue weighted by Gasteiger charge is 2.33. The van der Waals surface area contributed by atoms with E-state index >= 15 is 0 Å². The molecule has 0 saturated carbocycles. The van der Waals surface area contributed by atoms with E-state index in [9.17, 15) is 14.0 Å². The van der Waals surface area contributed by atoms with Gasteiger partial charge in [0, 0.05) is 5.56 Å². The lowest BCUT2D eigenvalue weighted by Crippen LogP contribution is -2.30. The average molecular weight is 352 g/mol. The van der Waals surface area contributed by atoms with Gasteiger partial charge in [-0.1, -0.05) is 63.2 Å². The van der Waals surface area contributed by atoms with Crippen molar-refractivity contribution >= 4 is 18.0 Å². The molecule has 0 aromatic heterocycles. The predicted octanol–water partition coefficient (Wildman–Crippen LogP) is 4.22. The van der Waals surface area contributed by atoms with Gasteiger partial charge in [-0.05, 0) is 28.7 Å². The van der Waals surface area contributed by atoms with Crippen LogP contribution in [0.5, 0.6) is 0 Å². The number of halogens is 1. The molecule has 0 atom stereocenters. The Bertz CT molecular complexity index is 880. The number of benzene rings is 2. The minimum absolute atomic E-state index is 0.0413. The highest BCUT2D eigenvalue weighted by molar-refractivity contribution is 6.13. The van der Waals surface area contributed by atoms with Crippen LogP contribution < -0.4 is 5.32 Å². The van der Waals surface area contributed by atoms with Crippen molar-refractivity contribution in [3.05, 3.63) is 76.7 Å². The summed E-state index contributed by atoms with van der Waals surface area (Å²) in [5.41, 5.74) is 2.53. The standard InChI is InChI=1S/C21H21FN2O2/c1-21(2,3)16-10-8-14(9-11-16)12-18-19(25)24(20(26)23-18)13-15-6-4-5-7-17(15)22/h4-12H,13H2,1-3H3,(H,23,26)/b18-12+. The topological polar surface area (TPSA) is 49.4 Å². The molecular formula is C21H21FN2O2. The second-order valence-corrected chi connectivity index (χ2v) is 7.34. The molecule has 0 aliphatic carbocycles. The molecule has 0 radical (unpaired) electrons. The van der Waals surface area contributed by atoms with Crippen LogP contribution in [0, 0.1) is 5.82 Å². The summed E-state index contributed by atoms with van der Waals surface area (Å²) in [5.74, 6) is -0.901. The Labute approximate surface area is 152 Å². The first-order chi connectivity index (χ1) is 12.3. The zero-order valence-electron chi connectivity index (χ0n) is 15.0. The summed E-state index contributed by atoms with van der Waals surface area (Å²) in [4.78, 5) is 25.6. The van der Waals surface area contributed by atoms with Gasteiger partial charge in [0.15, 0.2) is 0 Å². The molecule has 2 aromatic carbocycles. The third kappa shape index (κ3) is 3.67. The maximum atomic E-state index is 13.8. The van der Waals surface area contributed by atoms with Crippen LogP contribution in [-0.4, -0.2) is 16.8 Å². The van der Waals surface area contributed by atoms with Gasteiger partial charge in [0.2, 0.25) is 0 Å². The number of amides is 3. The fraction of sp³-hybridized carbons (Fsp3) is 0.238. The van der Waals surface area contributed by atoms with E-state index in [1.807, 2.05) is 24.3 Å². The number of nitrogens with one attached hydrogen (secondary N) is 1. The van der Waals surface area contributed by atoms with Crippen LogP contribution in [0.3, 0.4) is 0 Å². The first kappa shape index (κ1) is 17.9. The molecule has 0 spiro atoms. The van der Waals surface area contributed by atoms with E-state index in [1.165, 1.54) is 11.6 Å². The molecule has 2 aromatic rings. The number of carbonyl (C=O) groups excluding carboxylic acids is 2. The molecule has 1 saturated heterocycles. The second kappa shape index (κ2) is 6.75. The van der Waals surface area contributed by atoms with Crippen molar-refractivity contribution < 1.29 is 14.0 Å². The SMILES string of the molecule is CC(C)(C)c1ccc(/C=C2/NC(=O)N(Cc3ccccc3F)C2=O)cc1. The number of rotatable bonds is 3. The van der Waals surface area contributed by atoms with E-state index in [0.717, 1.165) is 10.5 Å². The summed E-state index contributed by atoms with van der Waals surface area (Å²) in [7, 11) is 0. The molecule has 3 amide bonds. The molecule has 1 N–H and O–H groups in total. The van der Waals surface area contributed by atoms with Gasteiger partial charge in [0.1, 0.15) is 11.5 Å². The molecule has 1 aliphatic heterocycles. The number of nitrogens with zero attached hydrogens (tertiary/aromatic N) is 1. The first-order valence-corrected chi connectivity index (χ1v) is 8.44.